The standard InChI is InChI=1S/C20H24N2/c21-15-3-1-2-4-17-5-7-18(8-6-17)9-10-19-11-13-20(16-22)14-12-19/h1,3,11-14,17-18H,2,4-10H2/t17-,18-. The number of aryl methyl sites for hydroxylation is 1. The van der Waals surface area contributed by atoms with Crippen molar-refractivity contribution in [3.8, 4) is 12.1 Å². The minimum absolute atomic E-state index is 0.745. The molecular weight excluding hydrogens is 268 g/mol. The lowest BCUT2D eigenvalue weighted by Crippen LogP contribution is -2.15. The van der Waals surface area contributed by atoms with Crippen LogP contribution in [-0.4, -0.2) is 0 Å². The summed E-state index contributed by atoms with van der Waals surface area (Å²) in [7, 11) is 0. The number of benzene rings is 1. The van der Waals surface area contributed by atoms with E-state index in [1.54, 1.807) is 6.08 Å². The van der Waals surface area contributed by atoms with Crippen LogP contribution in [0.4, 0.5) is 0 Å². The van der Waals surface area contributed by atoms with E-state index in [9.17, 15) is 0 Å². The Morgan fingerprint density at radius 1 is 0.955 bits per heavy atom. The number of hydrogen-bond donors (Lipinski definition) is 0. The van der Waals surface area contributed by atoms with Crippen LogP contribution in [0.2, 0.25) is 0 Å². The van der Waals surface area contributed by atoms with Crippen molar-refractivity contribution in [3.63, 3.8) is 0 Å². The van der Waals surface area contributed by atoms with E-state index in [-0.39, 0.29) is 0 Å². The van der Waals surface area contributed by atoms with Gasteiger partial charge in [-0.3, -0.25) is 0 Å². The third-order valence-corrected chi connectivity index (χ3v) is 4.82. The van der Waals surface area contributed by atoms with E-state index >= 15 is 0 Å². The van der Waals surface area contributed by atoms with Gasteiger partial charge in [-0.25, -0.2) is 0 Å². The number of rotatable bonds is 6. The van der Waals surface area contributed by atoms with Crippen LogP contribution >= 0.6 is 0 Å². The Morgan fingerprint density at radius 3 is 2.18 bits per heavy atom. The lowest BCUT2D eigenvalue weighted by atomic mass is 9.78. The van der Waals surface area contributed by atoms with Gasteiger partial charge in [0, 0.05) is 6.08 Å². The minimum atomic E-state index is 0.745. The van der Waals surface area contributed by atoms with Crippen LogP contribution in [0.1, 0.15) is 56.1 Å². The number of nitrogens with zero attached hydrogens (tertiary/aromatic N) is 2. The molecule has 1 aliphatic carbocycles. The van der Waals surface area contributed by atoms with Crippen molar-refractivity contribution in [3.05, 3.63) is 47.5 Å². The van der Waals surface area contributed by atoms with Crippen LogP contribution in [-0.2, 0) is 6.42 Å². The van der Waals surface area contributed by atoms with Crippen molar-refractivity contribution in [1.82, 2.24) is 0 Å². The molecule has 2 heteroatoms. The van der Waals surface area contributed by atoms with Crippen LogP contribution in [0.5, 0.6) is 0 Å². The molecule has 0 saturated heterocycles. The molecule has 0 unspecified atom stereocenters. The summed E-state index contributed by atoms with van der Waals surface area (Å²) in [4.78, 5) is 0. The predicted octanol–water partition coefficient (Wildman–Crippen LogP) is 5.16. The van der Waals surface area contributed by atoms with E-state index in [1.165, 1.54) is 44.1 Å². The van der Waals surface area contributed by atoms with Gasteiger partial charge in [-0.2, -0.15) is 10.5 Å². The van der Waals surface area contributed by atoms with Gasteiger partial charge in [0.05, 0.1) is 17.7 Å². The van der Waals surface area contributed by atoms with Crippen LogP contribution in [0.3, 0.4) is 0 Å². The Hall–Kier alpha value is -2.06. The van der Waals surface area contributed by atoms with E-state index < -0.39 is 0 Å². The van der Waals surface area contributed by atoms with E-state index in [4.69, 9.17) is 10.5 Å². The molecule has 0 amide bonds. The maximum atomic E-state index is 8.81. The molecule has 0 bridgehead atoms. The summed E-state index contributed by atoms with van der Waals surface area (Å²) < 4.78 is 0. The second kappa shape index (κ2) is 9.06. The number of hydrogen-bond acceptors (Lipinski definition) is 2. The zero-order valence-corrected chi connectivity index (χ0v) is 13.2. The lowest BCUT2D eigenvalue weighted by Gasteiger charge is -2.28. The van der Waals surface area contributed by atoms with Gasteiger partial charge < -0.3 is 0 Å². The normalized spacial score (nSPS) is 21.4. The number of allylic oxidation sites excluding steroid dienone is 2. The van der Waals surface area contributed by atoms with Gasteiger partial charge in [-0.05, 0) is 55.2 Å². The van der Waals surface area contributed by atoms with Gasteiger partial charge >= 0.3 is 0 Å². The predicted molar refractivity (Wildman–Crippen MR) is 88.9 cm³/mol. The first-order valence-electron chi connectivity index (χ1n) is 8.35. The molecule has 1 aromatic carbocycles. The van der Waals surface area contributed by atoms with Crippen LogP contribution in [0.15, 0.2) is 36.4 Å². The Bertz CT molecular complexity index is 549. The summed E-state index contributed by atoms with van der Waals surface area (Å²) in [6.45, 7) is 0. The summed E-state index contributed by atoms with van der Waals surface area (Å²) in [5.41, 5.74) is 2.09. The van der Waals surface area contributed by atoms with Gasteiger partial charge in [-0.15, -0.1) is 0 Å². The first-order chi connectivity index (χ1) is 10.8. The molecule has 0 aromatic heterocycles. The molecule has 0 N–H and O–H groups in total. The first kappa shape index (κ1) is 16.3. The van der Waals surface area contributed by atoms with Crippen molar-refractivity contribution in [2.24, 2.45) is 11.8 Å². The largest absolute Gasteiger partial charge is 0.193 e. The van der Waals surface area contributed by atoms with Gasteiger partial charge in [0.15, 0.2) is 0 Å². The molecule has 2 nitrogen and oxygen atoms in total. The fraction of sp³-hybridized carbons (Fsp3) is 0.500. The third kappa shape index (κ3) is 5.38. The highest BCUT2D eigenvalue weighted by atomic mass is 14.3. The average molecular weight is 292 g/mol. The van der Waals surface area contributed by atoms with E-state index in [0.717, 1.165) is 30.2 Å². The summed E-state index contributed by atoms with van der Waals surface area (Å²) in [5.74, 6) is 1.72. The molecule has 0 aliphatic heterocycles. The average Bonchev–Trinajstić information content (AvgIpc) is 2.58. The second-order valence-corrected chi connectivity index (χ2v) is 6.34. The highest BCUT2D eigenvalue weighted by molar-refractivity contribution is 5.31. The highest BCUT2D eigenvalue weighted by Crippen LogP contribution is 2.33. The van der Waals surface area contributed by atoms with E-state index in [2.05, 4.69) is 24.3 Å². The quantitative estimate of drug-likeness (QED) is 0.680. The van der Waals surface area contributed by atoms with Crippen molar-refractivity contribution < 1.29 is 0 Å². The van der Waals surface area contributed by atoms with Crippen molar-refractivity contribution in [2.75, 3.05) is 0 Å². The molecule has 1 fully saturated rings. The van der Waals surface area contributed by atoms with Gasteiger partial charge in [0.2, 0.25) is 0 Å². The Morgan fingerprint density at radius 2 is 1.59 bits per heavy atom. The molecule has 1 aromatic rings. The topological polar surface area (TPSA) is 47.6 Å². The lowest BCUT2D eigenvalue weighted by molar-refractivity contribution is 0.254. The smallest absolute Gasteiger partial charge is 0.0991 e. The van der Waals surface area contributed by atoms with Gasteiger partial charge in [0.25, 0.3) is 0 Å². The molecule has 2 rings (SSSR count). The summed E-state index contributed by atoms with van der Waals surface area (Å²) in [6.07, 6.45) is 13.7. The molecule has 0 spiro atoms. The monoisotopic (exact) mass is 292 g/mol. The number of nitriles is 2. The molecule has 0 atom stereocenters. The summed E-state index contributed by atoms with van der Waals surface area (Å²) >= 11 is 0. The fourth-order valence-corrected chi connectivity index (χ4v) is 3.39. The summed E-state index contributed by atoms with van der Waals surface area (Å²) in [5, 5.41) is 17.3. The van der Waals surface area contributed by atoms with E-state index in [0.29, 0.717) is 0 Å². The van der Waals surface area contributed by atoms with Crippen LogP contribution in [0.25, 0.3) is 0 Å². The van der Waals surface area contributed by atoms with Crippen molar-refractivity contribution in [1.29, 1.82) is 10.5 Å². The van der Waals surface area contributed by atoms with Crippen molar-refractivity contribution in [2.45, 2.75) is 51.4 Å². The molecule has 1 saturated carbocycles. The maximum absolute atomic E-state index is 8.81. The second-order valence-electron chi connectivity index (χ2n) is 6.34. The van der Waals surface area contributed by atoms with Gasteiger partial charge in [0.1, 0.15) is 0 Å². The zero-order valence-electron chi connectivity index (χ0n) is 13.2. The Balaban J connectivity index is 1.66. The van der Waals surface area contributed by atoms with E-state index in [1.807, 2.05) is 18.2 Å². The zero-order chi connectivity index (χ0) is 15.6. The molecule has 22 heavy (non-hydrogen) atoms. The van der Waals surface area contributed by atoms with Gasteiger partial charge in [-0.1, -0.05) is 43.9 Å². The first-order valence-corrected chi connectivity index (χ1v) is 8.35. The molecule has 0 heterocycles. The molecule has 0 radical (unpaired) electrons. The Kier molecular flexibility index (Phi) is 6.72. The fourth-order valence-electron chi connectivity index (χ4n) is 3.39. The van der Waals surface area contributed by atoms with Crippen LogP contribution < -0.4 is 0 Å². The summed E-state index contributed by atoms with van der Waals surface area (Å²) in [6, 6.07) is 12.2. The SMILES string of the molecule is N#CC=CCC[C@H]1CC[C@H](CCc2ccc(C#N)cc2)CC1. The van der Waals surface area contributed by atoms with Crippen molar-refractivity contribution >= 4 is 0 Å². The Labute approximate surface area is 134 Å². The van der Waals surface area contributed by atoms with Crippen LogP contribution in [0, 0.1) is 34.5 Å². The molecule has 1 aliphatic rings. The molecular formula is C20H24N2. The highest BCUT2D eigenvalue weighted by Gasteiger charge is 2.20. The minimum Gasteiger partial charge on any atom is -0.193 e. The molecule has 114 valence electrons. The maximum Gasteiger partial charge on any atom is 0.0991 e. The third-order valence-electron chi connectivity index (χ3n) is 4.82.